The molecule has 0 saturated heterocycles. The second kappa shape index (κ2) is 105. The maximum absolute atomic E-state index is 10.0. The highest BCUT2D eigenvalue weighted by atomic mass is 16.5. The molecule has 0 heterocycles. The first kappa shape index (κ1) is 166. The summed E-state index contributed by atoms with van der Waals surface area (Å²) >= 11 is 0. The molecule has 0 aliphatic rings. The third-order valence-electron chi connectivity index (χ3n) is 21.6. The first-order valence-corrected chi connectivity index (χ1v) is 49.6. The van der Waals surface area contributed by atoms with E-state index in [2.05, 4.69) is 34.6 Å². The van der Waals surface area contributed by atoms with E-state index in [0.29, 0.717) is 32.1 Å². The summed E-state index contributed by atoms with van der Waals surface area (Å²) in [4.78, 5) is 0. The third kappa shape index (κ3) is 126. The zero-order valence-electron chi connectivity index (χ0n) is 92.0. The lowest BCUT2D eigenvalue weighted by molar-refractivity contribution is -0.176. The highest BCUT2D eigenvalue weighted by Crippen LogP contribution is 2.35. The van der Waals surface area contributed by atoms with Crippen LogP contribution in [0.4, 0.5) is 0 Å². The summed E-state index contributed by atoms with van der Waals surface area (Å²) in [6.07, 6.45) is 15.9. The molecule has 0 aliphatic carbocycles. The molecule has 0 amide bonds. The number of hydrogen-bond acceptors (Lipinski definition) is 32. The molecule has 1 rings (SSSR count). The number of aliphatic hydroxyl groups is 32. The van der Waals surface area contributed by atoms with Crippen LogP contribution in [0.25, 0.3) is 0 Å². The lowest BCUT2D eigenvalue weighted by atomic mass is 9.72. The Morgan fingerprint density at radius 3 is 0.778 bits per heavy atom. The smallest absolute Gasteiger partial charge is 0.140 e. The first-order chi connectivity index (χ1) is 61.8. The summed E-state index contributed by atoms with van der Waals surface area (Å²) in [5.41, 5.74) is -3.40. The summed E-state index contributed by atoms with van der Waals surface area (Å²) in [6.45, 7) is 60.2. The number of rotatable bonds is 48. The van der Waals surface area contributed by atoms with E-state index in [1.54, 1.807) is 118 Å². The van der Waals surface area contributed by atoms with E-state index in [1.165, 1.54) is 26.2 Å². The largest absolute Gasteiger partial charge is 0.396 e. The molecule has 1 aromatic rings. The molecule has 0 aliphatic heterocycles. The van der Waals surface area contributed by atoms with Crippen LogP contribution in [0, 0.1) is 50.7 Å². The Balaban J connectivity index is -0.0000000883. The van der Waals surface area contributed by atoms with Gasteiger partial charge in [0.2, 0.25) is 0 Å². The van der Waals surface area contributed by atoms with Crippen molar-refractivity contribution in [3.05, 3.63) is 35.9 Å². The predicted molar refractivity (Wildman–Crippen MR) is 550 cm³/mol. The Labute approximate surface area is 823 Å². The van der Waals surface area contributed by atoms with Crippen molar-refractivity contribution >= 4 is 0 Å². The van der Waals surface area contributed by atoms with Gasteiger partial charge in [-0.2, -0.15) is 0 Å². The molecule has 32 nitrogen and oxygen atoms in total. The van der Waals surface area contributed by atoms with Gasteiger partial charge in [-0.1, -0.05) is 226 Å². The minimum absolute atomic E-state index is 0.0139. The minimum atomic E-state index is -1.03. The van der Waals surface area contributed by atoms with Gasteiger partial charge < -0.3 is 163 Å². The van der Waals surface area contributed by atoms with Crippen LogP contribution in [0.3, 0.4) is 0 Å². The maximum atomic E-state index is 10.0. The molecule has 32 N–H and O–H groups in total. The standard InChI is InChI=1S/C11H24O2.C10H14O2.C10H22O2.2C9H20O2.C8H18O2.C7H16O2.2C6H14O2.3C5H12O2.2C4H10O2.C3H8O2.CH4O2/c1-3-5-7-11(9-12,10-13)8-6-4-2;11-7-10(8-12)6-9-4-2-1-3-5-9;1-7(2)9(5,11)10(6,12)8(3)4;1-3-4-5-6-7-9(11)8(2)10;1-3-5-9(7-10,8-11)6-4-2;1-7(2,3)5-8(4,10)6-9;1-3-7(4-2,5-8)6-9;1-5(7)4-6(2,3)8;1-3-4-6(8)5(2)7;1-5(2,3-6)4-7;1-4(3-6)5(2)7;1-4(6)3-5(2)7;1-4(6)2-3-5;1-3(5)4(2)6;1-3(5)2-4;2-1-3/h12-13H,3-10H2,1-2H3;1-5,10-12H,6-8H2;7-8,11-12H,1-6H3;8-11H,3-7H2,1-2H3;10-11H,3-8H2,1-2H3;9-10H,5-6H2,1-4H3;8-9H,3-6H2,1-2H3;5,7-8H,4H2,1-3H3;5-8H,3-4H2,1-2H3;6-7H,3-4H2,1-2H3;2*4-7H,3H2,1-2H3;4-6H,2-3H2,1H3;3-6H,1-2H3;3-5H,2H2,1H3;2-3H,1H2. The van der Waals surface area contributed by atoms with Crippen molar-refractivity contribution in [3.8, 4) is 0 Å². The van der Waals surface area contributed by atoms with Crippen LogP contribution < -0.4 is 0 Å². The van der Waals surface area contributed by atoms with Crippen molar-refractivity contribution in [1.29, 1.82) is 0 Å². The van der Waals surface area contributed by atoms with Crippen molar-refractivity contribution in [1.82, 2.24) is 0 Å². The summed E-state index contributed by atoms with van der Waals surface area (Å²) in [5.74, 6) is 0.0946. The third-order valence-corrected chi connectivity index (χ3v) is 21.6. The van der Waals surface area contributed by atoms with Gasteiger partial charge in [0, 0.05) is 66.3 Å². The van der Waals surface area contributed by atoms with Crippen LogP contribution in [0.2, 0.25) is 0 Å². The fourth-order valence-electron chi connectivity index (χ4n) is 10.6. The summed E-state index contributed by atoms with van der Waals surface area (Å²) in [6, 6.07) is 9.87. The quantitative estimate of drug-likeness (QED) is 0.0213. The van der Waals surface area contributed by atoms with Crippen molar-refractivity contribution in [2.24, 2.45) is 50.7 Å². The van der Waals surface area contributed by atoms with Crippen LogP contribution in [0.5, 0.6) is 0 Å². The Hall–Kier alpha value is -2.06. The van der Waals surface area contributed by atoms with Gasteiger partial charge in [0.15, 0.2) is 0 Å². The average molecular weight is 1980 g/mol. The maximum Gasteiger partial charge on any atom is 0.140 e. The molecule has 0 spiro atoms. The molecule has 16 atom stereocenters. The van der Waals surface area contributed by atoms with E-state index in [0.717, 1.165) is 108 Å². The SMILES string of the molecule is CC(C)(C)CC(C)(O)CO.CC(C)(CO)CO.CC(C)C(C)(O)C(C)(O)C(C)C.CC(O)C(C)CO.CC(O)C(C)O.CC(O)CC(C)(C)O.CC(O)CC(C)O.CC(O)CCO.CC(O)CO.CCC(CC)(CO)CO.CCCC(CO)(CO)CCC.CCCC(O)C(C)O.CCCCC(CO)(CO)CCCC.CCCCCCC(O)C(C)O.OCC(CO)Cc1ccccc1.OCO. The lowest BCUT2D eigenvalue weighted by Gasteiger charge is -2.44. The molecule has 0 radical (unpaired) electrons. The van der Waals surface area contributed by atoms with Crippen molar-refractivity contribution in [2.45, 2.75) is 478 Å². The van der Waals surface area contributed by atoms with Gasteiger partial charge in [0.25, 0.3) is 0 Å². The van der Waals surface area contributed by atoms with Crippen molar-refractivity contribution in [2.75, 3.05) is 99.3 Å². The minimum Gasteiger partial charge on any atom is -0.396 e. The molecule has 0 bridgehead atoms. The van der Waals surface area contributed by atoms with Crippen LogP contribution >= 0.6 is 0 Å². The highest BCUT2D eigenvalue weighted by Gasteiger charge is 2.46. The first-order valence-electron chi connectivity index (χ1n) is 49.6. The summed E-state index contributed by atoms with van der Waals surface area (Å²) in [7, 11) is 0. The molecule has 135 heavy (non-hydrogen) atoms. The monoisotopic (exact) mass is 1980 g/mol. The fraction of sp³-hybridized carbons (Fsp3) is 0.942. The Kier molecular flexibility index (Phi) is 129. The summed E-state index contributed by atoms with van der Waals surface area (Å²) in [5, 5.41) is 278. The van der Waals surface area contributed by atoms with Crippen molar-refractivity contribution in [3.63, 3.8) is 0 Å². The van der Waals surface area contributed by atoms with Gasteiger partial charge in [-0.3, -0.25) is 0 Å². The van der Waals surface area contributed by atoms with E-state index >= 15 is 0 Å². The normalized spacial score (nSPS) is 15.4. The molecule has 834 valence electrons. The second-order valence-electron chi connectivity index (χ2n) is 40.2. The second-order valence-corrected chi connectivity index (χ2v) is 40.2. The number of unbranched alkanes of at least 4 members (excludes halogenated alkanes) is 5. The van der Waals surface area contributed by atoms with E-state index in [1.807, 2.05) is 99.6 Å². The van der Waals surface area contributed by atoms with Crippen LogP contribution in [-0.4, -0.2) is 358 Å². The van der Waals surface area contributed by atoms with Gasteiger partial charge >= 0.3 is 0 Å². The van der Waals surface area contributed by atoms with E-state index in [4.69, 9.17) is 133 Å². The van der Waals surface area contributed by atoms with Gasteiger partial charge in [-0.25, -0.2) is 0 Å². The Morgan fingerprint density at radius 2 is 0.637 bits per heavy atom. The highest BCUT2D eigenvalue weighted by molar-refractivity contribution is 5.15. The van der Waals surface area contributed by atoms with Gasteiger partial charge in [0.1, 0.15) is 6.79 Å². The zero-order valence-corrected chi connectivity index (χ0v) is 92.0. The molecular weight excluding hydrogens is 1750 g/mol. The number of aliphatic hydroxyl groups excluding tert-OH is 27. The Morgan fingerprint density at radius 1 is 0.304 bits per heavy atom. The summed E-state index contributed by atoms with van der Waals surface area (Å²) < 4.78 is 0. The fourth-order valence-corrected chi connectivity index (χ4v) is 10.6. The zero-order chi connectivity index (χ0) is 110. The molecule has 0 aromatic heterocycles. The molecule has 1 aromatic carbocycles. The van der Waals surface area contributed by atoms with Gasteiger partial charge in [-0.05, 0) is 204 Å². The van der Waals surface area contributed by atoms with E-state index in [9.17, 15) is 30.6 Å². The predicted octanol–water partition coefficient (Wildman–Crippen LogP) is 9.14. The molecular formula is C103H230O32. The van der Waals surface area contributed by atoms with Gasteiger partial charge in [-0.15, -0.1) is 0 Å². The Bertz CT molecular complexity index is 2260. The van der Waals surface area contributed by atoms with Crippen LogP contribution in [-0.2, 0) is 6.42 Å². The molecule has 0 saturated carbocycles. The van der Waals surface area contributed by atoms with E-state index in [-0.39, 0.29) is 168 Å². The number of hydrogen-bond donors (Lipinski definition) is 32. The molecule has 0 fully saturated rings. The molecule has 32 heteroatoms. The number of benzene rings is 1. The average Bonchev–Trinajstić information content (AvgIpc) is 0.795. The van der Waals surface area contributed by atoms with E-state index < -0.39 is 78.0 Å². The lowest BCUT2D eigenvalue weighted by Crippen LogP contribution is -2.56. The topological polar surface area (TPSA) is 647 Å². The van der Waals surface area contributed by atoms with Crippen LogP contribution in [0.1, 0.15) is 382 Å². The van der Waals surface area contributed by atoms with Gasteiger partial charge in [0.05, 0.1) is 162 Å². The van der Waals surface area contributed by atoms with Crippen LogP contribution in [0.15, 0.2) is 30.3 Å². The van der Waals surface area contributed by atoms with Crippen molar-refractivity contribution < 1.29 is 163 Å². The molecule has 16 unspecified atom stereocenters.